The third kappa shape index (κ3) is 1.60. The molecule has 80 valence electrons. The van der Waals surface area contributed by atoms with E-state index in [-0.39, 0.29) is 0 Å². The van der Waals surface area contributed by atoms with Crippen LogP contribution < -0.4 is 9.47 Å². The topological polar surface area (TPSA) is 52.9 Å². The van der Waals surface area contributed by atoms with Gasteiger partial charge in [0.25, 0.3) is 0 Å². The summed E-state index contributed by atoms with van der Waals surface area (Å²) in [6.07, 6.45) is 0. The molecule has 1 aliphatic heterocycles. The van der Waals surface area contributed by atoms with Gasteiger partial charge in [-0.2, -0.15) is 0 Å². The fourth-order valence-corrected chi connectivity index (χ4v) is 1.54. The van der Waals surface area contributed by atoms with E-state index in [0.29, 0.717) is 23.9 Å². The van der Waals surface area contributed by atoms with Crippen LogP contribution in [0.15, 0.2) is 11.2 Å². The molecule has 1 aliphatic rings. The number of fused-ring (bicyclic) bond motifs is 1. The van der Waals surface area contributed by atoms with E-state index >= 15 is 0 Å². The lowest BCUT2D eigenvalue weighted by Crippen LogP contribution is -2.04. The average molecular weight is 208 g/mol. The van der Waals surface area contributed by atoms with Crippen molar-refractivity contribution >= 4 is 5.71 Å². The van der Waals surface area contributed by atoms with Gasteiger partial charge < -0.3 is 14.3 Å². The lowest BCUT2D eigenvalue weighted by atomic mass is 10.1. The fourth-order valence-electron chi connectivity index (χ4n) is 1.54. The summed E-state index contributed by atoms with van der Waals surface area (Å²) in [6.45, 7) is 2.26. The van der Waals surface area contributed by atoms with Crippen LogP contribution in [-0.2, 0) is 4.84 Å². The van der Waals surface area contributed by atoms with Gasteiger partial charge in [0.15, 0.2) is 0 Å². The number of methoxy groups -OCH3 is 1. The molecule has 2 heterocycles. The molecule has 0 aromatic carbocycles. The van der Waals surface area contributed by atoms with Crippen molar-refractivity contribution in [3.63, 3.8) is 0 Å². The van der Waals surface area contributed by atoms with E-state index in [9.17, 15) is 0 Å². The first-order valence-electron chi connectivity index (χ1n) is 4.55. The monoisotopic (exact) mass is 208 g/mol. The van der Waals surface area contributed by atoms with Crippen LogP contribution in [0.1, 0.15) is 11.3 Å². The lowest BCUT2D eigenvalue weighted by molar-refractivity contribution is 0.211. The highest BCUT2D eigenvalue weighted by Gasteiger charge is 2.26. The zero-order valence-electron chi connectivity index (χ0n) is 8.90. The van der Waals surface area contributed by atoms with Crippen LogP contribution in [0.3, 0.4) is 0 Å². The largest absolute Gasteiger partial charge is 0.496 e. The van der Waals surface area contributed by atoms with Crippen molar-refractivity contribution in [1.82, 2.24) is 4.98 Å². The van der Waals surface area contributed by atoms with Gasteiger partial charge in [0.1, 0.15) is 30.7 Å². The first-order valence-corrected chi connectivity index (χ1v) is 4.55. The SMILES string of the molecule is CON=C1COc2nc(C)cc(OC)c21. The molecule has 0 radical (unpaired) electrons. The Kier molecular flexibility index (Phi) is 2.45. The molecular formula is C10H12N2O3. The van der Waals surface area contributed by atoms with E-state index in [1.807, 2.05) is 13.0 Å². The number of pyridine rings is 1. The highest BCUT2D eigenvalue weighted by atomic mass is 16.6. The third-order valence-electron chi connectivity index (χ3n) is 2.13. The molecule has 0 saturated carbocycles. The Labute approximate surface area is 87.7 Å². The molecule has 0 unspecified atom stereocenters. The molecule has 2 rings (SSSR count). The van der Waals surface area contributed by atoms with Crippen molar-refractivity contribution in [2.45, 2.75) is 6.92 Å². The molecule has 0 atom stereocenters. The molecule has 0 aliphatic carbocycles. The van der Waals surface area contributed by atoms with Crippen LogP contribution in [0.25, 0.3) is 0 Å². The molecule has 0 saturated heterocycles. The van der Waals surface area contributed by atoms with E-state index in [1.165, 1.54) is 7.11 Å². The Hall–Kier alpha value is -1.78. The van der Waals surface area contributed by atoms with Gasteiger partial charge in [-0.25, -0.2) is 4.98 Å². The van der Waals surface area contributed by atoms with Crippen LogP contribution in [0.2, 0.25) is 0 Å². The Morgan fingerprint density at radius 2 is 2.27 bits per heavy atom. The quantitative estimate of drug-likeness (QED) is 0.684. The van der Waals surface area contributed by atoms with Gasteiger partial charge in [-0.3, -0.25) is 0 Å². The number of ether oxygens (including phenoxy) is 2. The predicted molar refractivity (Wildman–Crippen MR) is 54.6 cm³/mol. The van der Waals surface area contributed by atoms with Crippen molar-refractivity contribution in [3.8, 4) is 11.6 Å². The minimum absolute atomic E-state index is 0.371. The van der Waals surface area contributed by atoms with E-state index in [2.05, 4.69) is 10.1 Å². The summed E-state index contributed by atoms with van der Waals surface area (Å²) in [5.41, 5.74) is 2.34. The number of nitrogens with zero attached hydrogens (tertiary/aromatic N) is 2. The van der Waals surface area contributed by atoms with Crippen LogP contribution in [0.4, 0.5) is 0 Å². The molecule has 5 nitrogen and oxygen atoms in total. The maximum absolute atomic E-state index is 5.39. The second-order valence-electron chi connectivity index (χ2n) is 3.16. The van der Waals surface area contributed by atoms with Gasteiger partial charge in [-0.05, 0) is 6.92 Å². The van der Waals surface area contributed by atoms with E-state index in [0.717, 1.165) is 11.3 Å². The molecule has 0 amide bonds. The summed E-state index contributed by atoms with van der Waals surface area (Å²) in [7, 11) is 3.11. The van der Waals surface area contributed by atoms with Crippen LogP contribution in [0.5, 0.6) is 11.6 Å². The maximum atomic E-state index is 5.39. The van der Waals surface area contributed by atoms with Crippen LogP contribution in [0, 0.1) is 6.92 Å². The summed E-state index contributed by atoms with van der Waals surface area (Å²) >= 11 is 0. The fraction of sp³-hybridized carbons (Fsp3) is 0.400. The molecule has 15 heavy (non-hydrogen) atoms. The lowest BCUT2D eigenvalue weighted by Gasteiger charge is -2.05. The Morgan fingerprint density at radius 3 is 2.93 bits per heavy atom. The Balaban J connectivity index is 2.55. The van der Waals surface area contributed by atoms with E-state index in [4.69, 9.17) is 14.3 Å². The zero-order chi connectivity index (χ0) is 10.8. The minimum Gasteiger partial charge on any atom is -0.496 e. The minimum atomic E-state index is 0.371. The molecular weight excluding hydrogens is 196 g/mol. The second-order valence-corrected chi connectivity index (χ2v) is 3.16. The Bertz CT molecular complexity index is 415. The molecule has 5 heteroatoms. The summed E-state index contributed by atoms with van der Waals surface area (Å²) < 4.78 is 10.6. The van der Waals surface area contributed by atoms with Gasteiger partial charge in [0, 0.05) is 11.8 Å². The van der Waals surface area contributed by atoms with Crippen molar-refractivity contribution < 1.29 is 14.3 Å². The molecule has 0 bridgehead atoms. The zero-order valence-corrected chi connectivity index (χ0v) is 8.90. The molecule has 0 fully saturated rings. The number of oxime groups is 1. The molecule has 1 aromatic rings. The summed E-state index contributed by atoms with van der Waals surface area (Å²) in [5.74, 6) is 1.27. The summed E-state index contributed by atoms with van der Waals surface area (Å²) in [6, 6.07) is 1.85. The van der Waals surface area contributed by atoms with Gasteiger partial charge >= 0.3 is 0 Å². The molecule has 0 spiro atoms. The van der Waals surface area contributed by atoms with Crippen LogP contribution >= 0.6 is 0 Å². The molecule has 0 N–H and O–H groups in total. The van der Waals surface area contributed by atoms with Crippen LogP contribution in [-0.4, -0.2) is 31.5 Å². The van der Waals surface area contributed by atoms with Crippen molar-refractivity contribution in [3.05, 3.63) is 17.3 Å². The van der Waals surface area contributed by atoms with Gasteiger partial charge in [0.2, 0.25) is 5.88 Å². The standard InChI is InChI=1S/C10H12N2O3/c1-6-4-8(13-2)9-7(12-14-3)5-15-10(9)11-6/h4H,5H2,1-3H3. The van der Waals surface area contributed by atoms with E-state index in [1.54, 1.807) is 7.11 Å². The normalized spacial score (nSPS) is 16.1. The number of aromatic nitrogens is 1. The Morgan fingerprint density at radius 1 is 1.47 bits per heavy atom. The average Bonchev–Trinajstić information content (AvgIpc) is 2.61. The van der Waals surface area contributed by atoms with Gasteiger partial charge in [-0.1, -0.05) is 5.16 Å². The second kappa shape index (κ2) is 3.76. The van der Waals surface area contributed by atoms with Gasteiger partial charge in [0.05, 0.1) is 7.11 Å². The summed E-state index contributed by atoms with van der Waals surface area (Å²) in [5, 5.41) is 3.87. The predicted octanol–water partition coefficient (Wildman–Crippen LogP) is 1.14. The first-order chi connectivity index (χ1) is 7.26. The summed E-state index contributed by atoms with van der Waals surface area (Å²) in [4.78, 5) is 8.99. The van der Waals surface area contributed by atoms with Crippen molar-refractivity contribution in [2.75, 3.05) is 20.8 Å². The van der Waals surface area contributed by atoms with E-state index < -0.39 is 0 Å². The number of hydrogen-bond acceptors (Lipinski definition) is 5. The number of hydrogen-bond donors (Lipinski definition) is 0. The highest BCUT2D eigenvalue weighted by Crippen LogP contribution is 2.32. The third-order valence-corrected chi connectivity index (χ3v) is 2.13. The first kappa shape index (κ1) is 9.76. The number of aryl methyl sites for hydroxylation is 1. The van der Waals surface area contributed by atoms with Crippen molar-refractivity contribution in [2.24, 2.45) is 5.16 Å². The highest BCUT2D eigenvalue weighted by molar-refractivity contribution is 6.07. The number of rotatable bonds is 2. The van der Waals surface area contributed by atoms with Gasteiger partial charge in [-0.15, -0.1) is 0 Å². The smallest absolute Gasteiger partial charge is 0.227 e. The van der Waals surface area contributed by atoms with Crippen molar-refractivity contribution in [1.29, 1.82) is 0 Å². The molecule has 1 aromatic heterocycles. The maximum Gasteiger partial charge on any atom is 0.227 e.